The van der Waals surface area contributed by atoms with Crippen molar-refractivity contribution in [2.24, 2.45) is 5.92 Å². The Kier molecular flexibility index (Phi) is 9.90. The van der Waals surface area contributed by atoms with Crippen molar-refractivity contribution in [3.8, 4) is 11.1 Å². The molecule has 3 atom stereocenters. The summed E-state index contributed by atoms with van der Waals surface area (Å²) in [5.74, 6) is 1.12. The van der Waals surface area contributed by atoms with Gasteiger partial charge in [0, 0.05) is 55.2 Å². The number of anilines is 2. The van der Waals surface area contributed by atoms with Gasteiger partial charge in [0.2, 0.25) is 0 Å². The molecule has 6 nitrogen and oxygen atoms in total. The van der Waals surface area contributed by atoms with Crippen molar-refractivity contribution in [2.75, 3.05) is 29.9 Å². The van der Waals surface area contributed by atoms with E-state index in [1.165, 1.54) is 12.1 Å². The molecule has 230 valence electrons. The fourth-order valence-electron chi connectivity index (χ4n) is 6.13. The number of pyridine rings is 1. The molecule has 0 unspecified atom stereocenters. The van der Waals surface area contributed by atoms with E-state index in [0.29, 0.717) is 18.0 Å². The average Bonchev–Trinajstić information content (AvgIpc) is 3.01. The fraction of sp³-hybridized carbons (Fsp3) is 0.471. The molecule has 0 radical (unpaired) electrons. The van der Waals surface area contributed by atoms with Gasteiger partial charge in [-0.25, -0.2) is 4.98 Å². The molecule has 1 aliphatic heterocycles. The molecule has 2 aliphatic rings. The highest BCUT2D eigenvalue weighted by molar-refractivity contribution is 5.95. The lowest BCUT2D eigenvalue weighted by atomic mass is 9.89. The van der Waals surface area contributed by atoms with E-state index in [4.69, 9.17) is 0 Å². The van der Waals surface area contributed by atoms with Crippen molar-refractivity contribution in [1.82, 2.24) is 15.6 Å². The zero-order valence-electron chi connectivity index (χ0n) is 25.0. The van der Waals surface area contributed by atoms with E-state index in [1.54, 1.807) is 18.3 Å². The summed E-state index contributed by atoms with van der Waals surface area (Å²) in [7, 11) is 0. The van der Waals surface area contributed by atoms with Crippen molar-refractivity contribution in [1.29, 1.82) is 0 Å². The predicted molar refractivity (Wildman–Crippen MR) is 166 cm³/mol. The zero-order chi connectivity index (χ0) is 30.4. The number of aromatic nitrogens is 1. The summed E-state index contributed by atoms with van der Waals surface area (Å²) in [5.41, 5.74) is 2.82. The van der Waals surface area contributed by atoms with Gasteiger partial charge in [0.1, 0.15) is 5.82 Å². The van der Waals surface area contributed by atoms with Gasteiger partial charge < -0.3 is 20.9 Å². The number of amides is 1. The van der Waals surface area contributed by atoms with Crippen molar-refractivity contribution in [2.45, 2.75) is 76.7 Å². The van der Waals surface area contributed by atoms with Gasteiger partial charge in [-0.1, -0.05) is 38.8 Å². The number of benzene rings is 2. The molecule has 5 rings (SSSR count). The van der Waals surface area contributed by atoms with Gasteiger partial charge in [0.25, 0.3) is 5.91 Å². The maximum atomic E-state index is 13.0. The third-order valence-electron chi connectivity index (χ3n) is 8.42. The molecule has 43 heavy (non-hydrogen) atoms. The lowest BCUT2D eigenvalue weighted by Gasteiger charge is -2.40. The highest BCUT2D eigenvalue weighted by atomic mass is 19.4. The van der Waals surface area contributed by atoms with E-state index in [0.717, 1.165) is 74.2 Å². The normalized spacial score (nSPS) is 21.1. The number of halogens is 3. The van der Waals surface area contributed by atoms with Crippen molar-refractivity contribution >= 4 is 17.4 Å². The van der Waals surface area contributed by atoms with Crippen LogP contribution < -0.4 is 20.9 Å². The quantitative estimate of drug-likeness (QED) is 0.246. The number of nitrogens with one attached hydrogen (secondary N) is 3. The van der Waals surface area contributed by atoms with Crippen LogP contribution in [0.25, 0.3) is 11.1 Å². The maximum absolute atomic E-state index is 13.0. The van der Waals surface area contributed by atoms with Crippen molar-refractivity contribution < 1.29 is 18.0 Å². The van der Waals surface area contributed by atoms with Gasteiger partial charge in [-0.05, 0) is 91.3 Å². The highest BCUT2D eigenvalue weighted by Gasteiger charge is 2.32. The largest absolute Gasteiger partial charge is 0.416 e. The van der Waals surface area contributed by atoms with Crippen molar-refractivity contribution in [3.63, 3.8) is 0 Å². The number of hydrogen-bond acceptors (Lipinski definition) is 5. The fourth-order valence-corrected chi connectivity index (χ4v) is 6.13. The Morgan fingerprint density at radius 1 is 0.953 bits per heavy atom. The topological polar surface area (TPSA) is 69.3 Å². The summed E-state index contributed by atoms with van der Waals surface area (Å²) < 4.78 is 39.1. The minimum absolute atomic E-state index is 0.0707. The van der Waals surface area contributed by atoms with Gasteiger partial charge in [-0.2, -0.15) is 13.2 Å². The molecule has 1 saturated heterocycles. The summed E-state index contributed by atoms with van der Waals surface area (Å²) in [4.78, 5) is 19.4. The third-order valence-corrected chi connectivity index (χ3v) is 8.42. The van der Waals surface area contributed by atoms with E-state index in [9.17, 15) is 18.0 Å². The molecule has 0 spiro atoms. The lowest BCUT2D eigenvalue weighted by Crippen LogP contribution is -2.55. The molecular formula is C34H42F3N5O. The molecule has 1 aliphatic carbocycles. The summed E-state index contributed by atoms with van der Waals surface area (Å²) in [6.07, 6.45) is 3.89. The van der Waals surface area contributed by atoms with Crippen LogP contribution in [0, 0.1) is 5.92 Å². The first-order valence-electron chi connectivity index (χ1n) is 15.4. The standard InChI is InChI=1S/C34H42F3N5O/c1-23(2)21-39-33(43)26-8-5-7-24(19-26)25-16-17-38-32(20-25)41-31-11-4-3-10-30(31)40-28-9-6-18-42(22-28)29-14-12-27(13-15-29)34(35,36)37/h5,7-8,12-17,19-20,23,28,30-31,40H,3-4,6,9-11,18,21-22H2,1-2H3,(H,38,41)(H,39,43)/t28-,30+,31+/m0/s1. The third kappa shape index (κ3) is 8.28. The van der Waals surface area contributed by atoms with Crippen LogP contribution >= 0.6 is 0 Å². The smallest absolute Gasteiger partial charge is 0.370 e. The van der Waals surface area contributed by atoms with E-state index in [-0.39, 0.29) is 24.0 Å². The second kappa shape index (κ2) is 13.8. The summed E-state index contributed by atoms with van der Waals surface area (Å²) in [6.45, 7) is 6.39. The number of carbonyl (C=O) groups excluding carboxylic acids is 1. The molecule has 3 N–H and O–H groups in total. The van der Waals surface area contributed by atoms with Crippen LogP contribution in [0.5, 0.6) is 0 Å². The minimum Gasteiger partial charge on any atom is -0.370 e. The highest BCUT2D eigenvalue weighted by Crippen LogP contribution is 2.32. The minimum atomic E-state index is -4.32. The number of piperidine rings is 1. The van der Waals surface area contributed by atoms with Gasteiger partial charge in [-0.3, -0.25) is 4.79 Å². The number of alkyl halides is 3. The number of nitrogens with zero attached hydrogens (tertiary/aromatic N) is 2. The molecule has 1 saturated carbocycles. The first-order chi connectivity index (χ1) is 20.7. The van der Waals surface area contributed by atoms with E-state index in [2.05, 4.69) is 39.7 Å². The molecular weight excluding hydrogens is 551 g/mol. The maximum Gasteiger partial charge on any atom is 0.416 e. The molecule has 2 aromatic carbocycles. The van der Waals surface area contributed by atoms with Gasteiger partial charge in [0.05, 0.1) is 5.56 Å². The number of carbonyl (C=O) groups is 1. The summed E-state index contributed by atoms with van der Waals surface area (Å²) in [5, 5.41) is 10.6. The van der Waals surface area contributed by atoms with Crippen LogP contribution in [-0.4, -0.2) is 48.7 Å². The second-order valence-corrected chi connectivity index (χ2v) is 12.3. The average molecular weight is 594 g/mol. The molecule has 9 heteroatoms. The summed E-state index contributed by atoms with van der Waals surface area (Å²) >= 11 is 0. The van der Waals surface area contributed by atoms with Crippen LogP contribution in [0.1, 0.15) is 68.3 Å². The van der Waals surface area contributed by atoms with Gasteiger partial charge >= 0.3 is 6.18 Å². The van der Waals surface area contributed by atoms with Crippen LogP contribution in [-0.2, 0) is 6.18 Å². The Morgan fingerprint density at radius 2 is 1.70 bits per heavy atom. The van der Waals surface area contributed by atoms with E-state index < -0.39 is 11.7 Å². The molecule has 1 aromatic heterocycles. The molecule has 3 aromatic rings. The lowest BCUT2D eigenvalue weighted by molar-refractivity contribution is -0.137. The van der Waals surface area contributed by atoms with E-state index in [1.807, 2.05) is 36.4 Å². The predicted octanol–water partition coefficient (Wildman–Crippen LogP) is 7.13. The van der Waals surface area contributed by atoms with Gasteiger partial charge in [0.15, 0.2) is 0 Å². The number of hydrogen-bond donors (Lipinski definition) is 3. The SMILES string of the molecule is CC(C)CNC(=O)c1cccc(-c2ccnc(N[C@@H]3CCCC[C@H]3N[C@H]3CCCN(c4ccc(C(F)(F)F)cc4)C3)c2)c1. The molecule has 2 heterocycles. The van der Waals surface area contributed by atoms with Gasteiger partial charge in [-0.15, -0.1) is 0 Å². The molecule has 1 amide bonds. The van der Waals surface area contributed by atoms with Crippen LogP contribution in [0.4, 0.5) is 24.7 Å². The molecule has 2 fully saturated rings. The Bertz CT molecular complexity index is 1360. The first kappa shape index (κ1) is 30.9. The molecule has 0 bridgehead atoms. The van der Waals surface area contributed by atoms with Crippen molar-refractivity contribution in [3.05, 3.63) is 78.0 Å². The Labute approximate surface area is 252 Å². The first-order valence-corrected chi connectivity index (χ1v) is 15.4. The Balaban J connectivity index is 1.22. The summed E-state index contributed by atoms with van der Waals surface area (Å²) in [6, 6.07) is 17.9. The van der Waals surface area contributed by atoms with Crippen LogP contribution in [0.2, 0.25) is 0 Å². The zero-order valence-corrected chi connectivity index (χ0v) is 25.0. The van der Waals surface area contributed by atoms with Crippen LogP contribution in [0.3, 0.4) is 0 Å². The number of rotatable bonds is 9. The van der Waals surface area contributed by atoms with E-state index >= 15 is 0 Å². The second-order valence-electron chi connectivity index (χ2n) is 12.3. The Hall–Kier alpha value is -3.59. The Morgan fingerprint density at radius 3 is 2.44 bits per heavy atom. The van der Waals surface area contributed by atoms with Crippen LogP contribution in [0.15, 0.2) is 66.9 Å². The monoisotopic (exact) mass is 593 g/mol.